The molecule has 7 heteroatoms. The molecule has 3 rings (SSSR count). The summed E-state index contributed by atoms with van der Waals surface area (Å²) in [7, 11) is 0. The van der Waals surface area contributed by atoms with Crippen molar-refractivity contribution in [2.24, 2.45) is 0 Å². The van der Waals surface area contributed by atoms with Crippen LogP contribution in [0, 0.1) is 11.3 Å². The summed E-state index contributed by atoms with van der Waals surface area (Å²) in [5, 5.41) is 25.0. The predicted molar refractivity (Wildman–Crippen MR) is 96.5 cm³/mol. The molecule has 0 bridgehead atoms. The number of nitrogens with zero attached hydrogens (tertiary/aromatic N) is 1. The van der Waals surface area contributed by atoms with Crippen LogP contribution in [0.15, 0.2) is 42.5 Å². The Morgan fingerprint density at radius 1 is 1.23 bits per heavy atom. The number of hydrogen-bond acceptors (Lipinski definition) is 4. The zero-order valence-corrected chi connectivity index (χ0v) is 14.5. The number of halogens is 1. The van der Waals surface area contributed by atoms with Crippen LogP contribution in [0.1, 0.15) is 23.1 Å². The first-order valence-corrected chi connectivity index (χ1v) is 8.40. The van der Waals surface area contributed by atoms with Gasteiger partial charge in [0.1, 0.15) is 11.7 Å². The van der Waals surface area contributed by atoms with Gasteiger partial charge in [0.05, 0.1) is 17.8 Å². The van der Waals surface area contributed by atoms with Crippen molar-refractivity contribution in [3.05, 3.63) is 64.2 Å². The summed E-state index contributed by atoms with van der Waals surface area (Å²) < 4.78 is 0. The van der Waals surface area contributed by atoms with E-state index in [0.29, 0.717) is 17.9 Å². The minimum absolute atomic E-state index is 0.0725. The van der Waals surface area contributed by atoms with Crippen LogP contribution in [-0.4, -0.2) is 23.5 Å². The minimum Gasteiger partial charge on any atom is -0.383 e. The molecule has 2 amide bonds. The van der Waals surface area contributed by atoms with Gasteiger partial charge in [0.25, 0.3) is 0 Å². The highest BCUT2D eigenvalue weighted by Crippen LogP contribution is 2.36. The summed E-state index contributed by atoms with van der Waals surface area (Å²) in [4.78, 5) is 24.2. The van der Waals surface area contributed by atoms with Crippen LogP contribution in [0.3, 0.4) is 0 Å². The van der Waals surface area contributed by atoms with Gasteiger partial charge in [0, 0.05) is 5.02 Å². The summed E-state index contributed by atoms with van der Waals surface area (Å²) in [6.07, 6.45) is 1.18. The van der Waals surface area contributed by atoms with Crippen molar-refractivity contribution in [3.8, 4) is 6.07 Å². The van der Waals surface area contributed by atoms with E-state index in [9.17, 15) is 14.7 Å². The number of amides is 2. The smallest absolute Gasteiger partial charge is 0.313 e. The lowest BCUT2D eigenvalue weighted by molar-refractivity contribution is -0.136. The van der Waals surface area contributed by atoms with E-state index >= 15 is 0 Å². The number of carbonyl (C=O) groups excluding carboxylic acids is 2. The Kier molecular flexibility index (Phi) is 4.94. The standard InChI is InChI=1S/C19H16ClN3O3/c20-14-6-5-13(10-21)16(9-14)23-18(25)17(24)22-11-19(26)8-7-12-3-1-2-4-15(12)19/h1-6,9,26H,7-8,11H2,(H,22,24)(H,23,25). The molecule has 0 saturated carbocycles. The maximum absolute atomic E-state index is 12.1. The molecule has 0 radical (unpaired) electrons. The fourth-order valence-corrected chi connectivity index (χ4v) is 3.23. The molecule has 0 heterocycles. The van der Waals surface area contributed by atoms with Crippen LogP contribution < -0.4 is 10.6 Å². The first-order chi connectivity index (χ1) is 12.4. The third kappa shape index (κ3) is 3.54. The van der Waals surface area contributed by atoms with Gasteiger partial charge in [-0.05, 0) is 42.2 Å². The zero-order chi connectivity index (χ0) is 18.7. The van der Waals surface area contributed by atoms with Crippen LogP contribution in [-0.2, 0) is 21.6 Å². The fourth-order valence-electron chi connectivity index (χ4n) is 3.06. The van der Waals surface area contributed by atoms with Gasteiger partial charge < -0.3 is 15.7 Å². The van der Waals surface area contributed by atoms with Gasteiger partial charge in [-0.15, -0.1) is 0 Å². The monoisotopic (exact) mass is 369 g/mol. The Morgan fingerprint density at radius 3 is 2.77 bits per heavy atom. The lowest BCUT2D eigenvalue weighted by Gasteiger charge is -2.24. The molecule has 1 unspecified atom stereocenters. The average molecular weight is 370 g/mol. The Morgan fingerprint density at radius 2 is 2.00 bits per heavy atom. The van der Waals surface area contributed by atoms with E-state index < -0.39 is 17.4 Å². The summed E-state index contributed by atoms with van der Waals surface area (Å²) in [6.45, 7) is -0.0725. The van der Waals surface area contributed by atoms with E-state index in [2.05, 4.69) is 10.6 Å². The Labute approximate surface area is 155 Å². The number of nitriles is 1. The molecule has 2 aromatic rings. The van der Waals surface area contributed by atoms with Crippen LogP contribution in [0.5, 0.6) is 0 Å². The van der Waals surface area contributed by atoms with Crippen molar-refractivity contribution in [2.75, 3.05) is 11.9 Å². The average Bonchev–Trinajstić information content (AvgIpc) is 2.98. The molecule has 1 aliphatic carbocycles. The van der Waals surface area contributed by atoms with Crippen molar-refractivity contribution in [3.63, 3.8) is 0 Å². The normalized spacial score (nSPS) is 17.9. The molecule has 0 aromatic heterocycles. The molecule has 6 nitrogen and oxygen atoms in total. The van der Waals surface area contributed by atoms with Crippen LogP contribution in [0.25, 0.3) is 0 Å². The van der Waals surface area contributed by atoms with E-state index in [4.69, 9.17) is 16.9 Å². The van der Waals surface area contributed by atoms with Gasteiger partial charge >= 0.3 is 11.8 Å². The number of benzene rings is 2. The number of anilines is 1. The highest BCUT2D eigenvalue weighted by molar-refractivity contribution is 6.40. The maximum atomic E-state index is 12.1. The molecule has 2 aromatic carbocycles. The molecular weight excluding hydrogens is 354 g/mol. The number of aryl methyl sites for hydroxylation is 1. The molecule has 0 saturated heterocycles. The molecular formula is C19H16ClN3O3. The molecule has 132 valence electrons. The van der Waals surface area contributed by atoms with Gasteiger partial charge in [-0.1, -0.05) is 35.9 Å². The summed E-state index contributed by atoms with van der Waals surface area (Å²) in [6, 6.07) is 13.8. The predicted octanol–water partition coefficient (Wildman–Crippen LogP) is 2.10. The van der Waals surface area contributed by atoms with Crippen molar-refractivity contribution in [1.82, 2.24) is 5.32 Å². The number of aliphatic hydroxyl groups is 1. The molecule has 0 aliphatic heterocycles. The lowest BCUT2D eigenvalue weighted by atomic mass is 9.96. The number of hydrogen-bond donors (Lipinski definition) is 3. The van der Waals surface area contributed by atoms with E-state index in [1.165, 1.54) is 18.2 Å². The molecule has 1 atom stereocenters. The van der Waals surface area contributed by atoms with Gasteiger partial charge in [-0.2, -0.15) is 5.26 Å². The fraction of sp³-hybridized carbons (Fsp3) is 0.211. The Balaban J connectivity index is 1.65. The number of nitrogens with one attached hydrogen (secondary N) is 2. The lowest BCUT2D eigenvalue weighted by Crippen LogP contribution is -2.43. The first kappa shape index (κ1) is 17.9. The van der Waals surface area contributed by atoms with Crippen LogP contribution in [0.4, 0.5) is 5.69 Å². The number of carbonyl (C=O) groups is 2. The third-order valence-electron chi connectivity index (χ3n) is 4.42. The SMILES string of the molecule is N#Cc1ccc(Cl)cc1NC(=O)C(=O)NCC1(O)CCc2ccccc21. The van der Waals surface area contributed by atoms with E-state index in [1.54, 1.807) is 0 Å². The van der Waals surface area contributed by atoms with Crippen LogP contribution >= 0.6 is 11.6 Å². The molecule has 0 spiro atoms. The van der Waals surface area contributed by atoms with E-state index in [1.807, 2.05) is 30.3 Å². The van der Waals surface area contributed by atoms with Crippen molar-refractivity contribution < 1.29 is 14.7 Å². The van der Waals surface area contributed by atoms with Gasteiger partial charge in [0.15, 0.2) is 0 Å². The topological polar surface area (TPSA) is 102 Å². The van der Waals surface area contributed by atoms with Gasteiger partial charge in [-0.3, -0.25) is 9.59 Å². The molecule has 3 N–H and O–H groups in total. The quantitative estimate of drug-likeness (QED) is 0.721. The first-order valence-electron chi connectivity index (χ1n) is 8.02. The van der Waals surface area contributed by atoms with Crippen molar-refractivity contribution >= 4 is 29.1 Å². The van der Waals surface area contributed by atoms with Crippen molar-refractivity contribution in [2.45, 2.75) is 18.4 Å². The van der Waals surface area contributed by atoms with Gasteiger partial charge in [0.2, 0.25) is 0 Å². The third-order valence-corrected chi connectivity index (χ3v) is 4.66. The summed E-state index contributed by atoms with van der Waals surface area (Å²) in [5.74, 6) is -1.83. The highest BCUT2D eigenvalue weighted by Gasteiger charge is 2.37. The highest BCUT2D eigenvalue weighted by atomic mass is 35.5. The van der Waals surface area contributed by atoms with Crippen LogP contribution in [0.2, 0.25) is 5.02 Å². The molecule has 0 fully saturated rings. The maximum Gasteiger partial charge on any atom is 0.313 e. The Hall–Kier alpha value is -2.88. The number of fused-ring (bicyclic) bond motifs is 1. The molecule has 26 heavy (non-hydrogen) atoms. The van der Waals surface area contributed by atoms with Gasteiger partial charge in [-0.25, -0.2) is 0 Å². The second-order valence-electron chi connectivity index (χ2n) is 6.13. The van der Waals surface area contributed by atoms with Crippen molar-refractivity contribution in [1.29, 1.82) is 5.26 Å². The molecule has 1 aliphatic rings. The zero-order valence-electron chi connectivity index (χ0n) is 13.8. The number of rotatable bonds is 3. The largest absolute Gasteiger partial charge is 0.383 e. The second kappa shape index (κ2) is 7.16. The van der Waals surface area contributed by atoms with E-state index in [-0.39, 0.29) is 17.8 Å². The second-order valence-corrected chi connectivity index (χ2v) is 6.56. The summed E-state index contributed by atoms with van der Waals surface area (Å²) >= 11 is 5.86. The summed E-state index contributed by atoms with van der Waals surface area (Å²) in [5.41, 5.74) is 0.956. The Bertz CT molecular complexity index is 922. The minimum atomic E-state index is -1.19. The van der Waals surface area contributed by atoms with E-state index in [0.717, 1.165) is 11.1 Å².